The maximum Gasteiger partial charge on any atom is 0.416 e. The third kappa shape index (κ3) is 4.42. The van der Waals surface area contributed by atoms with Crippen molar-refractivity contribution in [2.75, 3.05) is 20.5 Å². The van der Waals surface area contributed by atoms with E-state index in [1.54, 1.807) is 0 Å². The molecule has 142 valence electrons. The van der Waals surface area contributed by atoms with Gasteiger partial charge in [0.15, 0.2) is 5.75 Å². The second-order valence-electron chi connectivity index (χ2n) is 5.17. The molecule has 0 aliphatic rings. The van der Waals surface area contributed by atoms with Gasteiger partial charge in [-0.3, -0.25) is 0 Å². The minimum Gasteiger partial charge on any atom is -0.495 e. The van der Waals surface area contributed by atoms with Crippen molar-refractivity contribution in [3.63, 3.8) is 0 Å². The summed E-state index contributed by atoms with van der Waals surface area (Å²) in [5, 5.41) is 0. The molecule has 0 unspecified atom stereocenters. The number of ether oxygens (including phenoxy) is 2. The molecular weight excluding hydrogens is 441 g/mol. The topological polar surface area (TPSA) is 61.8 Å². The minimum atomic E-state index is -4.47. The van der Waals surface area contributed by atoms with Crippen LogP contribution in [0.5, 0.6) is 17.2 Å². The molecule has 0 bridgehead atoms. The lowest BCUT2D eigenvalue weighted by Gasteiger charge is -2.18. The van der Waals surface area contributed by atoms with Gasteiger partial charge >= 0.3 is 16.3 Å². The van der Waals surface area contributed by atoms with Crippen molar-refractivity contribution in [2.24, 2.45) is 0 Å². The Morgan fingerprint density at radius 2 is 1.58 bits per heavy atom. The minimum absolute atomic E-state index is 0.0304. The van der Waals surface area contributed by atoms with Gasteiger partial charge in [-0.25, -0.2) is 0 Å². The lowest BCUT2D eigenvalue weighted by atomic mass is 10.0. The van der Waals surface area contributed by atoms with Crippen molar-refractivity contribution >= 4 is 26.0 Å². The number of methoxy groups -OCH3 is 2. The Labute approximate surface area is 156 Å². The molecule has 0 N–H and O–H groups in total. The summed E-state index contributed by atoms with van der Waals surface area (Å²) in [6.07, 6.45) is -3.61. The molecule has 0 heterocycles. The van der Waals surface area contributed by atoms with Crippen LogP contribution in [0.4, 0.5) is 13.2 Å². The molecule has 0 saturated heterocycles. The SMILES string of the molecule is COc1cc(-c2ccc(C(F)(F)F)cc2)c(OC)c(OS(C)(=O)=O)c1Br. The summed E-state index contributed by atoms with van der Waals surface area (Å²) in [7, 11) is -1.25. The Balaban J connectivity index is 2.70. The Kier molecular flexibility index (Phi) is 5.76. The largest absolute Gasteiger partial charge is 0.495 e. The molecule has 2 rings (SSSR count). The molecule has 0 amide bonds. The van der Waals surface area contributed by atoms with Crippen molar-refractivity contribution in [3.05, 3.63) is 40.4 Å². The van der Waals surface area contributed by atoms with Crippen LogP contribution in [-0.2, 0) is 16.3 Å². The zero-order valence-electron chi connectivity index (χ0n) is 13.8. The molecule has 5 nitrogen and oxygen atoms in total. The van der Waals surface area contributed by atoms with Crippen LogP contribution < -0.4 is 13.7 Å². The van der Waals surface area contributed by atoms with Gasteiger partial charge in [-0.05, 0) is 39.7 Å². The van der Waals surface area contributed by atoms with Crippen molar-refractivity contribution in [1.82, 2.24) is 0 Å². The van der Waals surface area contributed by atoms with Crippen LogP contribution in [0.2, 0.25) is 0 Å². The van der Waals surface area contributed by atoms with E-state index in [0.29, 0.717) is 11.1 Å². The fraction of sp³-hybridized carbons (Fsp3) is 0.250. The van der Waals surface area contributed by atoms with Gasteiger partial charge in [0, 0.05) is 5.56 Å². The predicted octanol–water partition coefficient (Wildman–Crippen LogP) is 4.49. The second kappa shape index (κ2) is 7.36. The van der Waals surface area contributed by atoms with E-state index in [0.717, 1.165) is 18.4 Å². The van der Waals surface area contributed by atoms with E-state index in [2.05, 4.69) is 15.9 Å². The molecule has 0 aliphatic heterocycles. The van der Waals surface area contributed by atoms with Gasteiger partial charge < -0.3 is 13.7 Å². The van der Waals surface area contributed by atoms with Gasteiger partial charge in [0.25, 0.3) is 0 Å². The monoisotopic (exact) mass is 454 g/mol. The van der Waals surface area contributed by atoms with E-state index in [1.165, 1.54) is 32.4 Å². The van der Waals surface area contributed by atoms with E-state index in [-0.39, 0.29) is 21.7 Å². The highest BCUT2D eigenvalue weighted by atomic mass is 79.9. The maximum absolute atomic E-state index is 12.8. The van der Waals surface area contributed by atoms with E-state index >= 15 is 0 Å². The third-order valence-electron chi connectivity index (χ3n) is 3.32. The van der Waals surface area contributed by atoms with Gasteiger partial charge in [0.2, 0.25) is 5.75 Å². The average molecular weight is 455 g/mol. The normalized spacial score (nSPS) is 12.0. The maximum atomic E-state index is 12.8. The predicted molar refractivity (Wildman–Crippen MR) is 93.2 cm³/mol. The molecule has 0 atom stereocenters. The first-order chi connectivity index (χ1) is 12.0. The summed E-state index contributed by atoms with van der Waals surface area (Å²) in [6, 6.07) is 5.83. The first-order valence-corrected chi connectivity index (χ1v) is 9.60. The van der Waals surface area contributed by atoms with Crippen LogP contribution in [0, 0.1) is 0 Å². The standard InChI is InChI=1S/C16H14BrF3O5S/c1-23-12-8-11(9-4-6-10(7-5-9)16(18,19)20)14(24-2)15(13(12)17)25-26(3,21)22/h4-8H,1-3H3. The van der Waals surface area contributed by atoms with Crippen LogP contribution in [0.3, 0.4) is 0 Å². The Bertz CT molecular complexity index is 909. The highest BCUT2D eigenvalue weighted by Crippen LogP contribution is 2.48. The second-order valence-corrected chi connectivity index (χ2v) is 7.53. The fourth-order valence-electron chi connectivity index (χ4n) is 2.22. The number of hydrogen-bond acceptors (Lipinski definition) is 5. The van der Waals surface area contributed by atoms with E-state index in [1.807, 2.05) is 0 Å². The molecule has 0 radical (unpaired) electrons. The molecule has 0 fully saturated rings. The number of halogens is 4. The Hall–Kier alpha value is -1.94. The summed E-state index contributed by atoms with van der Waals surface area (Å²) in [5.74, 6) is 0.0893. The van der Waals surface area contributed by atoms with Crippen LogP contribution in [0.1, 0.15) is 5.56 Å². The number of hydrogen-bond donors (Lipinski definition) is 0. The molecule has 0 spiro atoms. The summed E-state index contributed by atoms with van der Waals surface area (Å²) < 4.78 is 77.0. The molecule has 26 heavy (non-hydrogen) atoms. The van der Waals surface area contributed by atoms with Crippen LogP contribution in [-0.4, -0.2) is 28.9 Å². The summed E-state index contributed by atoms with van der Waals surface area (Å²) >= 11 is 3.19. The highest BCUT2D eigenvalue weighted by molar-refractivity contribution is 9.10. The van der Waals surface area contributed by atoms with Crippen molar-refractivity contribution in [1.29, 1.82) is 0 Å². The van der Waals surface area contributed by atoms with Crippen LogP contribution in [0.25, 0.3) is 11.1 Å². The van der Waals surface area contributed by atoms with Gasteiger partial charge in [-0.2, -0.15) is 21.6 Å². The third-order valence-corrected chi connectivity index (χ3v) is 4.54. The quantitative estimate of drug-likeness (QED) is 0.622. The average Bonchev–Trinajstić information content (AvgIpc) is 2.54. The zero-order chi connectivity index (χ0) is 19.7. The molecule has 2 aromatic carbocycles. The molecular formula is C16H14BrF3O5S. The molecule has 0 aliphatic carbocycles. The van der Waals surface area contributed by atoms with Crippen molar-refractivity contribution in [3.8, 4) is 28.4 Å². The van der Waals surface area contributed by atoms with Gasteiger partial charge in [-0.1, -0.05) is 12.1 Å². The first-order valence-electron chi connectivity index (χ1n) is 6.99. The molecule has 0 saturated carbocycles. The number of benzene rings is 2. The van der Waals surface area contributed by atoms with Gasteiger partial charge in [-0.15, -0.1) is 0 Å². The molecule has 2 aromatic rings. The highest BCUT2D eigenvalue weighted by Gasteiger charge is 2.30. The number of rotatable bonds is 5. The lowest BCUT2D eigenvalue weighted by Crippen LogP contribution is -2.08. The fourth-order valence-corrected chi connectivity index (χ4v) is 3.33. The van der Waals surface area contributed by atoms with Gasteiger partial charge in [0.1, 0.15) is 10.2 Å². The summed E-state index contributed by atoms with van der Waals surface area (Å²) in [4.78, 5) is 0. The zero-order valence-corrected chi connectivity index (χ0v) is 16.3. The van der Waals surface area contributed by atoms with Crippen molar-refractivity contribution < 1.29 is 35.2 Å². The Morgan fingerprint density at radius 1 is 1.00 bits per heavy atom. The van der Waals surface area contributed by atoms with E-state index in [4.69, 9.17) is 13.7 Å². The first kappa shape index (κ1) is 20.4. The Morgan fingerprint density at radius 3 is 2.00 bits per heavy atom. The smallest absolute Gasteiger partial charge is 0.416 e. The van der Waals surface area contributed by atoms with Crippen LogP contribution in [0.15, 0.2) is 34.8 Å². The molecule has 0 aromatic heterocycles. The van der Waals surface area contributed by atoms with E-state index < -0.39 is 21.9 Å². The van der Waals surface area contributed by atoms with Gasteiger partial charge in [0.05, 0.1) is 26.0 Å². The van der Waals surface area contributed by atoms with Crippen LogP contribution >= 0.6 is 15.9 Å². The lowest BCUT2D eigenvalue weighted by molar-refractivity contribution is -0.137. The van der Waals surface area contributed by atoms with E-state index in [9.17, 15) is 21.6 Å². The van der Waals surface area contributed by atoms with Crippen molar-refractivity contribution in [2.45, 2.75) is 6.18 Å². The number of alkyl halides is 3. The molecule has 10 heteroatoms. The summed E-state index contributed by atoms with van der Waals surface area (Å²) in [5.41, 5.74) is -0.143. The summed E-state index contributed by atoms with van der Waals surface area (Å²) in [6.45, 7) is 0.